The van der Waals surface area contributed by atoms with E-state index in [0.717, 1.165) is 63.0 Å². The lowest BCUT2D eigenvalue weighted by Gasteiger charge is -2.25. The summed E-state index contributed by atoms with van der Waals surface area (Å²) in [5, 5.41) is 7.05. The second kappa shape index (κ2) is 22.3. The van der Waals surface area contributed by atoms with Gasteiger partial charge >= 0.3 is 15.0 Å². The molecule has 45 heavy (non-hydrogen) atoms. The van der Waals surface area contributed by atoms with Crippen LogP contribution in [0.25, 0.3) is 0 Å². The van der Waals surface area contributed by atoms with Crippen molar-refractivity contribution in [3.63, 3.8) is 0 Å². The lowest BCUT2D eigenvalue weighted by Crippen LogP contribution is -2.27. The third-order valence-corrected chi connectivity index (χ3v) is 7.88. The van der Waals surface area contributed by atoms with Gasteiger partial charge in [-0.25, -0.2) is 0 Å². The number of ether oxygens (including phenoxy) is 1. The topological polar surface area (TPSA) is 51.8 Å². The number of hydrogen-bond acceptors (Lipinski definition) is 5. The van der Waals surface area contributed by atoms with Gasteiger partial charge in [0.25, 0.3) is 0 Å². The Morgan fingerprint density at radius 2 is 0.822 bits per heavy atom. The molecule has 2 unspecified atom stereocenters. The van der Waals surface area contributed by atoms with E-state index in [-0.39, 0.29) is 12.0 Å². The Bertz CT molecular complexity index is 1150. The molecule has 0 fully saturated rings. The van der Waals surface area contributed by atoms with Gasteiger partial charge in [-0.2, -0.15) is 0 Å². The van der Waals surface area contributed by atoms with E-state index in [0.29, 0.717) is 28.2 Å². The van der Waals surface area contributed by atoms with E-state index < -0.39 is 0 Å². The molecular weight excluding hydrogens is 554 g/mol. The molecule has 7 heteroatoms. The van der Waals surface area contributed by atoms with Crippen LogP contribution in [0.5, 0.6) is 0 Å². The van der Waals surface area contributed by atoms with Crippen LogP contribution in [0, 0.1) is 0 Å². The first kappa shape index (κ1) is 34.7. The average Bonchev–Trinajstić information content (AvgIpc) is 3.10. The van der Waals surface area contributed by atoms with E-state index >= 15 is 0 Å². The summed E-state index contributed by atoms with van der Waals surface area (Å²) in [7, 11) is 0.987. The predicted octanol–water partition coefficient (Wildman–Crippen LogP) is 6.36. The first-order valence-corrected chi connectivity index (χ1v) is 16.8. The summed E-state index contributed by atoms with van der Waals surface area (Å²) in [5.74, 6) is 0. The summed E-state index contributed by atoms with van der Waals surface area (Å²) in [6.07, 6.45) is 6.96. The molecule has 0 radical (unpaired) electrons. The first-order chi connectivity index (χ1) is 22.4. The van der Waals surface area contributed by atoms with Crippen LogP contribution in [0.1, 0.15) is 59.9 Å². The number of aryl methyl sites for hydroxylation is 2. The SMILES string of the molecule is B(OCCNCCCCc1ccccc1)C(OC(BOCCNCCCCc1ccccc1)c1ccccc1)c1ccccc1. The Kier molecular flexibility index (Phi) is 17.2. The van der Waals surface area contributed by atoms with Crippen molar-refractivity contribution in [2.24, 2.45) is 0 Å². The molecule has 0 heterocycles. The van der Waals surface area contributed by atoms with Crippen LogP contribution in [-0.2, 0) is 26.9 Å². The molecule has 0 aliphatic heterocycles. The van der Waals surface area contributed by atoms with Crippen molar-refractivity contribution in [1.29, 1.82) is 0 Å². The Balaban J connectivity index is 1.15. The molecule has 0 aliphatic carbocycles. The second-order valence-corrected chi connectivity index (χ2v) is 11.5. The fourth-order valence-corrected chi connectivity index (χ4v) is 5.33. The highest BCUT2D eigenvalue weighted by atomic mass is 16.5. The van der Waals surface area contributed by atoms with Crippen LogP contribution < -0.4 is 10.6 Å². The molecule has 2 atom stereocenters. The van der Waals surface area contributed by atoms with E-state index in [2.05, 4.69) is 120 Å². The number of unbranched alkanes of at least 4 members (excludes halogenated alkanes) is 2. The van der Waals surface area contributed by atoms with Crippen LogP contribution in [0.15, 0.2) is 121 Å². The molecule has 0 aromatic heterocycles. The highest BCUT2D eigenvalue weighted by Gasteiger charge is 2.23. The summed E-state index contributed by atoms with van der Waals surface area (Å²) >= 11 is 0. The van der Waals surface area contributed by atoms with Gasteiger partial charge in [0.05, 0.1) is 12.0 Å². The van der Waals surface area contributed by atoms with Crippen LogP contribution >= 0.6 is 0 Å². The van der Waals surface area contributed by atoms with Crippen LogP contribution in [0.3, 0.4) is 0 Å². The lowest BCUT2D eigenvalue weighted by atomic mass is 9.80. The van der Waals surface area contributed by atoms with Crippen molar-refractivity contribution < 1.29 is 14.0 Å². The van der Waals surface area contributed by atoms with E-state index in [4.69, 9.17) is 14.0 Å². The maximum Gasteiger partial charge on any atom is 0.309 e. The van der Waals surface area contributed by atoms with Crippen LogP contribution in [0.2, 0.25) is 0 Å². The molecular formula is C38H50B2N2O3. The Labute approximate surface area is 272 Å². The molecule has 2 N–H and O–H groups in total. The maximum absolute atomic E-state index is 6.74. The maximum atomic E-state index is 6.74. The largest absolute Gasteiger partial charge is 0.435 e. The zero-order chi connectivity index (χ0) is 31.0. The standard InChI is InChI=1S/C38H50B2N2O3/c1-5-17-33(18-6-1)21-13-15-27-41-29-31-43-39-37(35-23-9-3-10-24-35)45-38(36-25-11-4-12-26-36)40-44-32-30-42-28-16-14-22-34-19-7-2-8-20-34/h1-12,17-20,23-26,37-42H,13-16,21-22,27-32H2. The van der Waals surface area contributed by atoms with Gasteiger partial charge in [0, 0.05) is 26.3 Å². The summed E-state index contributed by atoms with van der Waals surface area (Å²) < 4.78 is 19.0. The average molecular weight is 604 g/mol. The molecule has 4 rings (SSSR count). The minimum Gasteiger partial charge on any atom is -0.435 e. The van der Waals surface area contributed by atoms with Crippen molar-refractivity contribution in [3.8, 4) is 0 Å². The van der Waals surface area contributed by atoms with Gasteiger partial charge in [-0.3, -0.25) is 0 Å². The molecule has 0 spiro atoms. The molecule has 4 aromatic carbocycles. The molecule has 5 nitrogen and oxygen atoms in total. The monoisotopic (exact) mass is 604 g/mol. The second-order valence-electron chi connectivity index (χ2n) is 11.5. The smallest absolute Gasteiger partial charge is 0.309 e. The summed E-state index contributed by atoms with van der Waals surface area (Å²) in [6.45, 7) is 4.97. The molecule has 0 aliphatic rings. The van der Waals surface area contributed by atoms with E-state index in [1.807, 2.05) is 12.1 Å². The number of rotatable bonds is 24. The normalized spacial score (nSPS) is 12.4. The molecule has 0 amide bonds. The minimum atomic E-state index is -0.186. The third-order valence-electron chi connectivity index (χ3n) is 7.88. The van der Waals surface area contributed by atoms with E-state index in [1.165, 1.54) is 24.0 Å². The van der Waals surface area contributed by atoms with Gasteiger partial charge in [-0.1, -0.05) is 121 Å². The zero-order valence-corrected chi connectivity index (χ0v) is 26.8. The molecule has 236 valence electrons. The van der Waals surface area contributed by atoms with Crippen molar-refractivity contribution in [2.75, 3.05) is 39.4 Å². The quantitative estimate of drug-likeness (QED) is 0.0721. The van der Waals surface area contributed by atoms with Gasteiger partial charge in [0.2, 0.25) is 0 Å². The number of nitrogens with one attached hydrogen (secondary N) is 2. The predicted molar refractivity (Wildman–Crippen MR) is 190 cm³/mol. The van der Waals surface area contributed by atoms with Gasteiger partial charge < -0.3 is 24.7 Å². The summed E-state index contributed by atoms with van der Waals surface area (Å²) in [5.41, 5.74) is 5.05. The number of benzene rings is 4. The van der Waals surface area contributed by atoms with Crippen molar-refractivity contribution in [2.45, 2.75) is 50.5 Å². The lowest BCUT2D eigenvalue weighted by molar-refractivity contribution is 0.0564. The van der Waals surface area contributed by atoms with Gasteiger partial charge in [-0.05, 0) is 73.9 Å². The fraction of sp³-hybridized carbons (Fsp3) is 0.368. The highest BCUT2D eigenvalue weighted by molar-refractivity contribution is 6.31. The minimum absolute atomic E-state index is 0.186. The van der Waals surface area contributed by atoms with Crippen LogP contribution in [0.4, 0.5) is 0 Å². The summed E-state index contributed by atoms with van der Waals surface area (Å²) in [4.78, 5) is 0. The molecule has 0 saturated carbocycles. The molecule has 0 saturated heterocycles. The highest BCUT2D eigenvalue weighted by Crippen LogP contribution is 2.26. The van der Waals surface area contributed by atoms with Crippen LogP contribution in [-0.4, -0.2) is 54.4 Å². The van der Waals surface area contributed by atoms with Crippen molar-refractivity contribution in [3.05, 3.63) is 144 Å². The van der Waals surface area contributed by atoms with Gasteiger partial charge in [0.1, 0.15) is 0 Å². The fourth-order valence-electron chi connectivity index (χ4n) is 5.33. The number of hydrogen-bond donors (Lipinski definition) is 2. The third kappa shape index (κ3) is 14.6. The summed E-state index contributed by atoms with van der Waals surface area (Å²) in [6, 6.07) is 41.8. The Hall–Kier alpha value is -3.19. The Morgan fingerprint density at radius 3 is 1.22 bits per heavy atom. The van der Waals surface area contributed by atoms with Gasteiger partial charge in [-0.15, -0.1) is 0 Å². The van der Waals surface area contributed by atoms with E-state index in [1.54, 1.807) is 0 Å². The first-order valence-electron chi connectivity index (χ1n) is 16.8. The Morgan fingerprint density at radius 1 is 0.444 bits per heavy atom. The van der Waals surface area contributed by atoms with E-state index in [9.17, 15) is 0 Å². The molecule has 0 bridgehead atoms. The van der Waals surface area contributed by atoms with Crippen molar-refractivity contribution >= 4 is 15.0 Å². The van der Waals surface area contributed by atoms with Gasteiger partial charge in [0.15, 0.2) is 0 Å². The molecule has 4 aromatic rings. The van der Waals surface area contributed by atoms with Crippen molar-refractivity contribution in [1.82, 2.24) is 10.6 Å². The zero-order valence-electron chi connectivity index (χ0n) is 26.8.